The quantitative estimate of drug-likeness (QED) is 0.821. The van der Waals surface area contributed by atoms with E-state index in [0.29, 0.717) is 13.1 Å². The van der Waals surface area contributed by atoms with Crippen LogP contribution in [0.4, 0.5) is 9.18 Å². The van der Waals surface area contributed by atoms with Gasteiger partial charge in [-0.1, -0.05) is 0 Å². The Morgan fingerprint density at radius 1 is 1.16 bits per heavy atom. The van der Waals surface area contributed by atoms with Crippen molar-refractivity contribution in [1.82, 2.24) is 14.5 Å². The number of sulfonamides is 1. The number of benzene rings is 1. The maximum absolute atomic E-state index is 13.0. The molecular weight excluding hydrogens is 353 g/mol. The summed E-state index contributed by atoms with van der Waals surface area (Å²) in [6, 6.07) is 4.05. The van der Waals surface area contributed by atoms with Crippen molar-refractivity contribution < 1.29 is 27.1 Å². The van der Waals surface area contributed by atoms with Crippen molar-refractivity contribution in [2.75, 3.05) is 33.3 Å². The van der Waals surface area contributed by atoms with E-state index in [1.807, 2.05) is 0 Å². The molecule has 1 saturated heterocycles. The van der Waals surface area contributed by atoms with Crippen LogP contribution >= 0.6 is 0 Å². The van der Waals surface area contributed by atoms with Crippen LogP contribution in [-0.2, 0) is 19.6 Å². The predicted molar refractivity (Wildman–Crippen MR) is 86.7 cm³/mol. The third-order valence-electron chi connectivity index (χ3n) is 4.06. The number of nitrogens with zero attached hydrogens (tertiary/aromatic N) is 2. The third kappa shape index (κ3) is 4.53. The van der Waals surface area contributed by atoms with Crippen LogP contribution in [0.5, 0.6) is 0 Å². The molecule has 10 heteroatoms. The molecule has 1 N–H and O–H groups in total. The van der Waals surface area contributed by atoms with E-state index in [2.05, 4.69) is 10.1 Å². The number of nitrogens with one attached hydrogen (secondary N) is 1. The molecule has 1 aliphatic rings. The Kier molecular flexibility index (Phi) is 6.09. The summed E-state index contributed by atoms with van der Waals surface area (Å²) in [6.07, 6.45) is -0.839. The Bertz CT molecular complexity index is 730. The molecule has 0 radical (unpaired) electrons. The zero-order chi connectivity index (χ0) is 18.6. The number of carbonyl (C=O) groups excluding carboxylic acids is 2. The molecule has 1 heterocycles. The van der Waals surface area contributed by atoms with Crippen LogP contribution in [0.1, 0.15) is 6.92 Å². The predicted octanol–water partition coefficient (Wildman–Crippen LogP) is 0.403. The van der Waals surface area contributed by atoms with Gasteiger partial charge < -0.3 is 4.74 Å². The van der Waals surface area contributed by atoms with Gasteiger partial charge >= 0.3 is 6.09 Å². The van der Waals surface area contributed by atoms with E-state index in [4.69, 9.17) is 0 Å². The van der Waals surface area contributed by atoms with Crippen molar-refractivity contribution in [2.24, 2.45) is 0 Å². The third-order valence-corrected chi connectivity index (χ3v) is 5.98. The van der Waals surface area contributed by atoms with E-state index in [9.17, 15) is 22.4 Å². The van der Waals surface area contributed by atoms with Gasteiger partial charge in [0.2, 0.25) is 15.9 Å². The molecule has 2 rings (SSSR count). The largest absolute Gasteiger partial charge is 0.453 e. The van der Waals surface area contributed by atoms with E-state index < -0.39 is 33.9 Å². The highest BCUT2D eigenvalue weighted by atomic mass is 32.2. The van der Waals surface area contributed by atoms with Gasteiger partial charge in [0.15, 0.2) is 0 Å². The minimum Gasteiger partial charge on any atom is -0.453 e. The van der Waals surface area contributed by atoms with Crippen molar-refractivity contribution >= 4 is 22.0 Å². The van der Waals surface area contributed by atoms with Crippen LogP contribution in [0.15, 0.2) is 29.2 Å². The Morgan fingerprint density at radius 2 is 1.72 bits per heavy atom. The number of rotatable bonds is 4. The van der Waals surface area contributed by atoms with E-state index in [-0.39, 0.29) is 18.0 Å². The Labute approximate surface area is 145 Å². The van der Waals surface area contributed by atoms with Crippen LogP contribution in [0, 0.1) is 5.82 Å². The number of piperazine rings is 1. The summed E-state index contributed by atoms with van der Waals surface area (Å²) in [5.41, 5.74) is 0. The molecule has 0 unspecified atom stereocenters. The zero-order valence-corrected chi connectivity index (χ0v) is 14.8. The molecule has 8 nitrogen and oxygen atoms in total. The summed E-state index contributed by atoms with van der Waals surface area (Å²) in [5, 5.41) is 2.09. The number of amides is 2. The first-order valence-corrected chi connectivity index (χ1v) is 9.08. The van der Waals surface area contributed by atoms with Crippen LogP contribution in [0.3, 0.4) is 0 Å². The van der Waals surface area contributed by atoms with Crippen molar-refractivity contribution in [3.8, 4) is 0 Å². The SMILES string of the molecule is COC(=O)NC(=O)[C@H](C)N1CCN(S(=O)(=O)c2ccc(F)cc2)CC1. The molecule has 0 aromatic heterocycles. The minimum atomic E-state index is -3.71. The molecule has 2 amide bonds. The fourth-order valence-corrected chi connectivity index (χ4v) is 3.93. The van der Waals surface area contributed by atoms with Gasteiger partial charge in [0.25, 0.3) is 0 Å². The lowest BCUT2D eigenvalue weighted by Crippen LogP contribution is -2.55. The second-order valence-corrected chi connectivity index (χ2v) is 7.49. The molecule has 1 fully saturated rings. The van der Waals surface area contributed by atoms with Crippen molar-refractivity contribution in [3.05, 3.63) is 30.1 Å². The first-order valence-electron chi connectivity index (χ1n) is 7.64. The first kappa shape index (κ1) is 19.3. The fraction of sp³-hybridized carbons (Fsp3) is 0.467. The minimum absolute atomic E-state index is 0.0267. The van der Waals surface area contributed by atoms with E-state index in [1.165, 1.54) is 16.4 Å². The molecule has 138 valence electrons. The van der Waals surface area contributed by atoms with Crippen molar-refractivity contribution in [1.29, 1.82) is 0 Å². The van der Waals surface area contributed by atoms with Gasteiger partial charge in [-0.05, 0) is 31.2 Å². The van der Waals surface area contributed by atoms with Crippen LogP contribution < -0.4 is 5.32 Å². The monoisotopic (exact) mass is 373 g/mol. The maximum Gasteiger partial charge on any atom is 0.413 e. The summed E-state index contributed by atoms with van der Waals surface area (Å²) in [5.74, 6) is -1.02. The fourth-order valence-electron chi connectivity index (χ4n) is 2.51. The van der Waals surface area contributed by atoms with Crippen molar-refractivity contribution in [3.63, 3.8) is 0 Å². The topological polar surface area (TPSA) is 96.0 Å². The highest BCUT2D eigenvalue weighted by molar-refractivity contribution is 7.89. The number of hydrogen-bond donors (Lipinski definition) is 1. The van der Waals surface area contributed by atoms with E-state index in [1.54, 1.807) is 11.8 Å². The number of hydrogen-bond acceptors (Lipinski definition) is 6. The molecule has 0 aliphatic carbocycles. The molecule has 1 aromatic carbocycles. The van der Waals surface area contributed by atoms with Gasteiger partial charge in [-0.15, -0.1) is 0 Å². The van der Waals surface area contributed by atoms with Gasteiger partial charge in [-0.2, -0.15) is 4.31 Å². The van der Waals surface area contributed by atoms with Crippen LogP contribution in [-0.4, -0.2) is 69.0 Å². The van der Waals surface area contributed by atoms with E-state index >= 15 is 0 Å². The number of ether oxygens (including phenoxy) is 1. The van der Waals surface area contributed by atoms with Crippen molar-refractivity contribution in [2.45, 2.75) is 17.9 Å². The lowest BCUT2D eigenvalue weighted by atomic mass is 10.2. The Balaban J connectivity index is 1.98. The van der Waals surface area contributed by atoms with Gasteiger partial charge in [0.05, 0.1) is 18.0 Å². The Hall–Kier alpha value is -2.04. The number of carbonyl (C=O) groups is 2. The summed E-state index contributed by atoms with van der Waals surface area (Å²) < 4.78 is 43.7. The molecule has 1 atom stereocenters. The summed E-state index contributed by atoms with van der Waals surface area (Å²) in [6.45, 7) is 2.67. The zero-order valence-electron chi connectivity index (χ0n) is 13.9. The number of halogens is 1. The molecule has 25 heavy (non-hydrogen) atoms. The second kappa shape index (κ2) is 7.89. The normalized spacial score (nSPS) is 17.7. The molecule has 0 spiro atoms. The van der Waals surface area contributed by atoms with Gasteiger partial charge in [-0.3, -0.25) is 15.0 Å². The number of methoxy groups -OCH3 is 1. The molecule has 1 aliphatic heterocycles. The molecular formula is C15H20FN3O5S. The lowest BCUT2D eigenvalue weighted by Gasteiger charge is -2.36. The van der Waals surface area contributed by atoms with E-state index in [0.717, 1.165) is 19.2 Å². The smallest absolute Gasteiger partial charge is 0.413 e. The first-order chi connectivity index (χ1) is 11.8. The average molecular weight is 373 g/mol. The molecule has 0 bridgehead atoms. The highest BCUT2D eigenvalue weighted by Crippen LogP contribution is 2.18. The number of alkyl carbamates (subject to hydrolysis) is 1. The summed E-state index contributed by atoms with van der Waals surface area (Å²) in [7, 11) is -2.55. The Morgan fingerprint density at radius 3 is 2.24 bits per heavy atom. The average Bonchev–Trinajstić information content (AvgIpc) is 2.61. The lowest BCUT2D eigenvalue weighted by molar-refractivity contribution is -0.125. The second-order valence-electron chi connectivity index (χ2n) is 5.55. The summed E-state index contributed by atoms with van der Waals surface area (Å²) in [4.78, 5) is 24.8. The number of imide groups is 1. The molecule has 1 aromatic rings. The summed E-state index contributed by atoms with van der Waals surface area (Å²) >= 11 is 0. The maximum atomic E-state index is 13.0. The van der Waals surface area contributed by atoms with Crippen LogP contribution in [0.2, 0.25) is 0 Å². The standard InChI is InChI=1S/C15H20FN3O5S/c1-11(14(20)17-15(21)24-2)18-7-9-19(10-8-18)25(22,23)13-5-3-12(16)4-6-13/h3-6,11H,7-10H2,1-2H3,(H,17,20,21)/t11-/m0/s1. The van der Waals surface area contributed by atoms with Crippen LogP contribution in [0.25, 0.3) is 0 Å². The molecule has 0 saturated carbocycles. The van der Waals surface area contributed by atoms with Gasteiger partial charge in [0, 0.05) is 26.2 Å². The van der Waals surface area contributed by atoms with Gasteiger partial charge in [-0.25, -0.2) is 17.6 Å². The van der Waals surface area contributed by atoms with Gasteiger partial charge in [0.1, 0.15) is 5.82 Å². The highest BCUT2D eigenvalue weighted by Gasteiger charge is 2.32.